The number of fused-ring (bicyclic) bond motifs is 1. The molecule has 2 heteroatoms. The highest BCUT2D eigenvalue weighted by molar-refractivity contribution is 5.86. The fourth-order valence-electron chi connectivity index (χ4n) is 1.74. The summed E-state index contributed by atoms with van der Waals surface area (Å²) < 4.78 is 4.92. The molecule has 0 saturated carbocycles. The lowest BCUT2D eigenvalue weighted by Gasteiger charge is -2.07. The van der Waals surface area contributed by atoms with Gasteiger partial charge in [-0.2, -0.15) is 0 Å². The van der Waals surface area contributed by atoms with Crippen molar-refractivity contribution in [2.45, 2.75) is 13.0 Å². The first-order chi connectivity index (χ1) is 8.33. The third kappa shape index (κ3) is 2.58. The fourth-order valence-corrected chi connectivity index (χ4v) is 1.74. The summed E-state index contributed by atoms with van der Waals surface area (Å²) in [6.07, 6.45) is 1.69. The Morgan fingerprint density at radius 1 is 1.18 bits per heavy atom. The molecule has 1 N–H and O–H groups in total. The van der Waals surface area contributed by atoms with Crippen LogP contribution in [0.5, 0.6) is 0 Å². The first kappa shape index (κ1) is 11.5. The third-order valence-electron chi connectivity index (χ3n) is 2.53. The van der Waals surface area contributed by atoms with Crippen LogP contribution in [-0.4, -0.2) is 11.7 Å². The van der Waals surface area contributed by atoms with Gasteiger partial charge in [-0.25, -0.2) is 0 Å². The number of benzene rings is 2. The Morgan fingerprint density at radius 3 is 2.76 bits per heavy atom. The van der Waals surface area contributed by atoms with Crippen LogP contribution in [0.2, 0.25) is 0 Å². The Bertz CT molecular complexity index is 558. The van der Waals surface area contributed by atoms with Gasteiger partial charge < -0.3 is 9.84 Å². The lowest BCUT2D eigenvalue weighted by atomic mass is 10.0. The van der Waals surface area contributed by atoms with Crippen LogP contribution < -0.4 is 0 Å². The van der Waals surface area contributed by atoms with E-state index in [1.54, 1.807) is 0 Å². The van der Waals surface area contributed by atoms with E-state index in [9.17, 15) is 5.11 Å². The molecule has 2 aromatic carbocycles. The van der Waals surface area contributed by atoms with Crippen molar-refractivity contribution in [2.24, 2.45) is 0 Å². The molecule has 1 atom stereocenters. The van der Waals surface area contributed by atoms with Crippen LogP contribution in [0, 0.1) is 12.0 Å². The van der Waals surface area contributed by atoms with Crippen LogP contribution in [0.3, 0.4) is 0 Å². The summed E-state index contributed by atoms with van der Waals surface area (Å²) in [6, 6.07) is 13.7. The second-order valence-corrected chi connectivity index (χ2v) is 3.65. The quantitative estimate of drug-likeness (QED) is 0.798. The van der Waals surface area contributed by atoms with E-state index in [0.29, 0.717) is 6.61 Å². The highest BCUT2D eigenvalue weighted by atomic mass is 16.5. The minimum absolute atomic E-state index is 0.523. The van der Waals surface area contributed by atoms with Gasteiger partial charge in [-0.05, 0) is 23.6 Å². The molecule has 0 fully saturated rings. The maximum atomic E-state index is 9.99. The van der Waals surface area contributed by atoms with E-state index in [1.807, 2.05) is 49.4 Å². The van der Waals surface area contributed by atoms with Crippen molar-refractivity contribution in [2.75, 3.05) is 6.61 Å². The number of ether oxygens (including phenoxy) is 1. The molecular formula is C15H14O2. The summed E-state index contributed by atoms with van der Waals surface area (Å²) in [5, 5.41) is 12.1. The topological polar surface area (TPSA) is 29.5 Å². The molecule has 1 unspecified atom stereocenters. The van der Waals surface area contributed by atoms with Gasteiger partial charge in [0, 0.05) is 5.56 Å². The molecule has 0 aliphatic carbocycles. The molecule has 0 aromatic heterocycles. The van der Waals surface area contributed by atoms with Crippen molar-refractivity contribution < 1.29 is 9.84 Å². The maximum absolute atomic E-state index is 9.99. The Balaban J connectivity index is 2.39. The number of aliphatic hydroxyl groups excluding tert-OH is 1. The highest BCUT2D eigenvalue weighted by Crippen LogP contribution is 2.23. The lowest BCUT2D eigenvalue weighted by Crippen LogP contribution is -1.95. The standard InChI is InChI=1S/C15H14O2/c1-2-17-11-10-15(16)14-9-5-7-12-6-3-4-8-13(12)14/h3-9,15-16H,2H2,1H3. The molecule has 2 rings (SSSR count). The zero-order valence-corrected chi connectivity index (χ0v) is 9.68. The first-order valence-electron chi connectivity index (χ1n) is 5.61. The third-order valence-corrected chi connectivity index (χ3v) is 2.53. The van der Waals surface area contributed by atoms with Gasteiger partial charge in [-0.15, -0.1) is 0 Å². The molecule has 0 aliphatic heterocycles. The highest BCUT2D eigenvalue weighted by Gasteiger charge is 2.07. The summed E-state index contributed by atoms with van der Waals surface area (Å²) in [6.45, 7) is 2.38. The molecule has 0 heterocycles. The van der Waals surface area contributed by atoms with Crippen molar-refractivity contribution in [3.8, 4) is 12.0 Å². The molecule has 2 nitrogen and oxygen atoms in total. The monoisotopic (exact) mass is 226 g/mol. The van der Waals surface area contributed by atoms with Gasteiger partial charge in [0.15, 0.2) is 0 Å². The van der Waals surface area contributed by atoms with Gasteiger partial charge in [0.25, 0.3) is 0 Å². The van der Waals surface area contributed by atoms with E-state index in [1.165, 1.54) is 0 Å². The number of hydrogen-bond donors (Lipinski definition) is 1. The second kappa shape index (κ2) is 5.38. The number of rotatable bonds is 2. The molecular weight excluding hydrogens is 212 g/mol. The van der Waals surface area contributed by atoms with Crippen molar-refractivity contribution in [3.05, 3.63) is 48.0 Å². The molecule has 17 heavy (non-hydrogen) atoms. The van der Waals surface area contributed by atoms with E-state index in [2.05, 4.69) is 12.0 Å². The molecule has 86 valence electrons. The smallest absolute Gasteiger partial charge is 0.144 e. The van der Waals surface area contributed by atoms with Gasteiger partial charge in [0.05, 0.1) is 6.61 Å². The SMILES string of the molecule is CCOC#CC(O)c1cccc2ccccc12. The molecule has 0 radical (unpaired) electrons. The largest absolute Gasteiger partial charge is 0.447 e. The minimum atomic E-state index is -0.812. The van der Waals surface area contributed by atoms with Crippen molar-refractivity contribution in [3.63, 3.8) is 0 Å². The molecule has 0 saturated heterocycles. The van der Waals surface area contributed by atoms with E-state index < -0.39 is 6.10 Å². The van der Waals surface area contributed by atoms with Crippen molar-refractivity contribution in [1.82, 2.24) is 0 Å². The van der Waals surface area contributed by atoms with Crippen LogP contribution in [0.25, 0.3) is 10.8 Å². The normalized spacial score (nSPS) is 11.6. The van der Waals surface area contributed by atoms with Gasteiger partial charge in [-0.1, -0.05) is 42.5 Å². The predicted molar refractivity (Wildman–Crippen MR) is 68.3 cm³/mol. The van der Waals surface area contributed by atoms with Crippen LogP contribution in [0.15, 0.2) is 42.5 Å². The van der Waals surface area contributed by atoms with Gasteiger partial charge in [0.1, 0.15) is 12.2 Å². The summed E-state index contributed by atoms with van der Waals surface area (Å²) in [5.41, 5.74) is 0.815. The van der Waals surface area contributed by atoms with Crippen LogP contribution >= 0.6 is 0 Å². The summed E-state index contributed by atoms with van der Waals surface area (Å²) in [7, 11) is 0. The Labute approximate surface area is 101 Å². The fraction of sp³-hybridized carbons (Fsp3) is 0.200. The van der Waals surface area contributed by atoms with Gasteiger partial charge in [0.2, 0.25) is 0 Å². The maximum Gasteiger partial charge on any atom is 0.144 e. The number of hydrogen-bond acceptors (Lipinski definition) is 2. The summed E-state index contributed by atoms with van der Waals surface area (Å²) in [4.78, 5) is 0. The van der Waals surface area contributed by atoms with E-state index in [4.69, 9.17) is 4.74 Å². The minimum Gasteiger partial charge on any atom is -0.447 e. The van der Waals surface area contributed by atoms with Gasteiger partial charge >= 0.3 is 0 Å². The van der Waals surface area contributed by atoms with E-state index >= 15 is 0 Å². The molecule has 0 spiro atoms. The predicted octanol–water partition coefficient (Wildman–Crippen LogP) is 2.87. The van der Waals surface area contributed by atoms with Crippen molar-refractivity contribution >= 4 is 10.8 Å². The van der Waals surface area contributed by atoms with E-state index in [-0.39, 0.29) is 0 Å². The molecule has 0 aliphatic rings. The van der Waals surface area contributed by atoms with Crippen LogP contribution in [-0.2, 0) is 4.74 Å². The lowest BCUT2D eigenvalue weighted by molar-refractivity contribution is 0.235. The first-order valence-corrected chi connectivity index (χ1v) is 5.61. The second-order valence-electron chi connectivity index (χ2n) is 3.65. The molecule has 0 amide bonds. The summed E-state index contributed by atoms with van der Waals surface area (Å²) >= 11 is 0. The summed E-state index contributed by atoms with van der Waals surface area (Å²) in [5.74, 6) is 2.68. The molecule has 0 bridgehead atoms. The molecule has 2 aromatic rings. The van der Waals surface area contributed by atoms with E-state index in [0.717, 1.165) is 16.3 Å². The van der Waals surface area contributed by atoms with Gasteiger partial charge in [-0.3, -0.25) is 0 Å². The number of aliphatic hydroxyl groups is 1. The Hall–Kier alpha value is -1.98. The zero-order valence-electron chi connectivity index (χ0n) is 9.68. The zero-order chi connectivity index (χ0) is 12.1. The Morgan fingerprint density at radius 2 is 1.94 bits per heavy atom. The van der Waals surface area contributed by atoms with Crippen LogP contribution in [0.4, 0.5) is 0 Å². The van der Waals surface area contributed by atoms with Crippen molar-refractivity contribution in [1.29, 1.82) is 0 Å². The average molecular weight is 226 g/mol. The Kier molecular flexibility index (Phi) is 3.64. The average Bonchev–Trinajstić information content (AvgIpc) is 2.38. The van der Waals surface area contributed by atoms with Crippen LogP contribution in [0.1, 0.15) is 18.6 Å².